The zero-order valence-electron chi connectivity index (χ0n) is 13.4. The number of benzene rings is 2. The Labute approximate surface area is 143 Å². The van der Waals surface area contributed by atoms with Crippen molar-refractivity contribution in [2.24, 2.45) is 0 Å². The topological polar surface area (TPSA) is 64.4 Å². The Bertz CT molecular complexity index is 1080. The summed E-state index contributed by atoms with van der Waals surface area (Å²) in [5.74, 6) is -0.00956. The van der Waals surface area contributed by atoms with Crippen molar-refractivity contribution < 1.29 is 9.53 Å². The fourth-order valence-corrected chi connectivity index (χ4v) is 3.55. The second-order valence-corrected chi connectivity index (χ2v) is 6.22. The average Bonchev–Trinajstić information content (AvgIpc) is 2.95. The van der Waals surface area contributed by atoms with E-state index in [1.807, 2.05) is 24.3 Å². The molecule has 3 heterocycles. The van der Waals surface area contributed by atoms with Gasteiger partial charge in [-0.1, -0.05) is 12.1 Å². The maximum atomic E-state index is 13.1. The molecule has 0 bridgehead atoms. The lowest BCUT2D eigenvalue weighted by Crippen LogP contribution is -2.36. The zero-order chi connectivity index (χ0) is 17.0. The number of carbonyl (C=O) groups excluding carboxylic acids is 1. The molecular formula is C19H15N3O3. The number of para-hydroxylation sites is 1. The maximum absolute atomic E-state index is 13.1. The third-order valence-electron chi connectivity index (χ3n) is 4.82. The van der Waals surface area contributed by atoms with Gasteiger partial charge in [0, 0.05) is 18.8 Å². The van der Waals surface area contributed by atoms with Crippen LogP contribution in [-0.4, -0.2) is 41.6 Å². The molecular weight excluding hydrogens is 318 g/mol. The number of anilines is 1. The van der Waals surface area contributed by atoms with Crippen LogP contribution in [-0.2, 0) is 4.74 Å². The predicted molar refractivity (Wildman–Crippen MR) is 93.8 cm³/mol. The van der Waals surface area contributed by atoms with Gasteiger partial charge in [-0.05, 0) is 30.3 Å². The van der Waals surface area contributed by atoms with Crippen LogP contribution in [0.2, 0.25) is 0 Å². The van der Waals surface area contributed by atoms with Gasteiger partial charge in [0.25, 0.3) is 5.56 Å². The van der Waals surface area contributed by atoms with Crippen LogP contribution >= 0.6 is 0 Å². The lowest BCUT2D eigenvalue weighted by atomic mass is 10.1. The molecule has 6 nitrogen and oxygen atoms in total. The van der Waals surface area contributed by atoms with E-state index in [9.17, 15) is 9.59 Å². The number of hydrogen-bond acceptors (Lipinski definition) is 5. The van der Waals surface area contributed by atoms with Gasteiger partial charge in [0.05, 0.1) is 35.4 Å². The molecule has 0 atom stereocenters. The fourth-order valence-electron chi connectivity index (χ4n) is 3.55. The Morgan fingerprint density at radius 1 is 1.00 bits per heavy atom. The average molecular weight is 333 g/mol. The van der Waals surface area contributed by atoms with Gasteiger partial charge in [-0.3, -0.25) is 14.2 Å². The van der Waals surface area contributed by atoms with Crippen molar-refractivity contribution in [2.75, 3.05) is 31.2 Å². The number of nitrogens with zero attached hydrogens (tertiary/aromatic N) is 3. The molecule has 25 heavy (non-hydrogen) atoms. The molecule has 0 radical (unpaired) electrons. The van der Waals surface area contributed by atoms with E-state index < -0.39 is 0 Å². The molecule has 124 valence electrons. The van der Waals surface area contributed by atoms with E-state index in [2.05, 4.69) is 9.88 Å². The number of ether oxygens (including phenoxy) is 1. The molecule has 3 aromatic rings. The molecule has 5 rings (SSSR count). The molecule has 1 aromatic heterocycles. The van der Waals surface area contributed by atoms with Crippen molar-refractivity contribution in [3.05, 3.63) is 64.2 Å². The first-order chi connectivity index (χ1) is 12.2. The normalized spacial score (nSPS) is 16.2. The first kappa shape index (κ1) is 14.4. The van der Waals surface area contributed by atoms with Crippen molar-refractivity contribution >= 4 is 22.4 Å². The summed E-state index contributed by atoms with van der Waals surface area (Å²) in [5, 5.41) is 0.525. The van der Waals surface area contributed by atoms with Gasteiger partial charge in [0.2, 0.25) is 5.78 Å². The van der Waals surface area contributed by atoms with E-state index >= 15 is 0 Å². The van der Waals surface area contributed by atoms with Crippen LogP contribution in [0.3, 0.4) is 0 Å². The van der Waals surface area contributed by atoms with Crippen LogP contribution in [0.15, 0.2) is 47.3 Å². The largest absolute Gasteiger partial charge is 0.378 e. The molecule has 2 aromatic carbocycles. The first-order valence-corrected chi connectivity index (χ1v) is 8.28. The summed E-state index contributed by atoms with van der Waals surface area (Å²) in [6.45, 7) is 2.96. The lowest BCUT2D eigenvalue weighted by Gasteiger charge is -2.28. The van der Waals surface area contributed by atoms with Gasteiger partial charge in [0.15, 0.2) is 5.82 Å². The van der Waals surface area contributed by atoms with E-state index in [1.165, 1.54) is 4.57 Å². The van der Waals surface area contributed by atoms with Crippen LogP contribution < -0.4 is 10.5 Å². The Morgan fingerprint density at radius 3 is 2.64 bits per heavy atom. The summed E-state index contributed by atoms with van der Waals surface area (Å²) >= 11 is 0. The molecule has 0 spiro atoms. The quantitative estimate of drug-likeness (QED) is 0.531. The van der Waals surface area contributed by atoms with Gasteiger partial charge in [-0.2, -0.15) is 0 Å². The van der Waals surface area contributed by atoms with Gasteiger partial charge in [0.1, 0.15) is 0 Å². The number of ketones is 1. The summed E-state index contributed by atoms with van der Waals surface area (Å²) in [4.78, 5) is 32.3. The number of morpholine rings is 1. The zero-order valence-corrected chi connectivity index (χ0v) is 13.4. The van der Waals surface area contributed by atoms with Crippen LogP contribution in [0.4, 0.5) is 5.69 Å². The SMILES string of the molecule is O=C1c2ccccc2-n2c1nc1ccc(N3CCOCC3)cc1c2=O. The minimum atomic E-state index is -0.202. The monoisotopic (exact) mass is 333 g/mol. The number of aromatic nitrogens is 2. The Balaban J connectivity index is 1.74. The third-order valence-corrected chi connectivity index (χ3v) is 4.82. The Morgan fingerprint density at radius 2 is 1.80 bits per heavy atom. The molecule has 0 unspecified atom stereocenters. The van der Waals surface area contributed by atoms with E-state index in [4.69, 9.17) is 4.74 Å². The van der Waals surface area contributed by atoms with E-state index in [-0.39, 0.29) is 17.2 Å². The summed E-state index contributed by atoms with van der Waals surface area (Å²) in [5.41, 5.74) is 2.46. The number of fused-ring (bicyclic) bond motifs is 4. The van der Waals surface area contributed by atoms with Crippen molar-refractivity contribution in [1.29, 1.82) is 0 Å². The lowest BCUT2D eigenvalue weighted by molar-refractivity contribution is 0.103. The summed E-state index contributed by atoms with van der Waals surface area (Å²) < 4.78 is 6.82. The molecule has 1 fully saturated rings. The fraction of sp³-hybridized carbons (Fsp3) is 0.211. The van der Waals surface area contributed by atoms with Crippen molar-refractivity contribution in [2.45, 2.75) is 0 Å². The highest BCUT2D eigenvalue weighted by atomic mass is 16.5. The molecule has 0 aliphatic carbocycles. The molecule has 6 heteroatoms. The standard InChI is InChI=1S/C19H15N3O3/c23-17-13-3-1-2-4-16(13)22-18(17)20-15-6-5-12(11-14(15)19(22)24)21-7-9-25-10-8-21/h1-6,11H,7-10H2. The molecule has 2 aliphatic rings. The molecule has 2 aliphatic heterocycles. The number of rotatable bonds is 1. The summed E-state index contributed by atoms with van der Waals surface area (Å²) in [6.07, 6.45) is 0. The molecule has 0 amide bonds. The van der Waals surface area contributed by atoms with Crippen LogP contribution in [0.5, 0.6) is 0 Å². The highest BCUT2D eigenvalue weighted by Gasteiger charge is 2.30. The van der Waals surface area contributed by atoms with Gasteiger partial charge in [-0.15, -0.1) is 0 Å². The maximum Gasteiger partial charge on any atom is 0.266 e. The second kappa shape index (κ2) is 5.26. The van der Waals surface area contributed by atoms with Gasteiger partial charge < -0.3 is 9.64 Å². The molecule has 0 saturated carbocycles. The molecule has 0 N–H and O–H groups in total. The second-order valence-electron chi connectivity index (χ2n) is 6.22. The minimum absolute atomic E-state index is 0.192. The third kappa shape index (κ3) is 2.04. The van der Waals surface area contributed by atoms with Crippen LogP contribution in [0.1, 0.15) is 16.2 Å². The first-order valence-electron chi connectivity index (χ1n) is 8.28. The summed E-state index contributed by atoms with van der Waals surface area (Å²) in [6, 6.07) is 12.8. The van der Waals surface area contributed by atoms with E-state index in [0.29, 0.717) is 35.4 Å². The summed E-state index contributed by atoms with van der Waals surface area (Å²) in [7, 11) is 0. The van der Waals surface area contributed by atoms with E-state index in [1.54, 1.807) is 18.2 Å². The minimum Gasteiger partial charge on any atom is -0.378 e. The van der Waals surface area contributed by atoms with Crippen molar-refractivity contribution in [3.63, 3.8) is 0 Å². The van der Waals surface area contributed by atoms with Crippen LogP contribution in [0.25, 0.3) is 16.6 Å². The Kier molecular flexibility index (Phi) is 3.02. The van der Waals surface area contributed by atoms with Crippen LogP contribution in [0, 0.1) is 0 Å². The van der Waals surface area contributed by atoms with E-state index in [0.717, 1.165) is 18.8 Å². The highest BCUT2D eigenvalue weighted by Crippen LogP contribution is 2.27. The van der Waals surface area contributed by atoms with Gasteiger partial charge in [-0.25, -0.2) is 4.98 Å². The van der Waals surface area contributed by atoms with Crippen molar-refractivity contribution in [3.8, 4) is 5.69 Å². The van der Waals surface area contributed by atoms with Gasteiger partial charge >= 0.3 is 0 Å². The van der Waals surface area contributed by atoms with Crippen molar-refractivity contribution in [1.82, 2.24) is 9.55 Å². The Hall–Kier alpha value is -2.99. The smallest absolute Gasteiger partial charge is 0.266 e. The number of carbonyl (C=O) groups is 1. The highest BCUT2D eigenvalue weighted by molar-refractivity contribution is 6.13. The molecule has 1 saturated heterocycles. The number of hydrogen-bond donors (Lipinski definition) is 0. The predicted octanol–water partition coefficient (Wildman–Crippen LogP) is 1.77.